The van der Waals surface area contributed by atoms with Crippen LogP contribution < -0.4 is 10.6 Å². The van der Waals surface area contributed by atoms with E-state index in [1.54, 1.807) is 11.3 Å². The maximum atomic E-state index is 9.79. The van der Waals surface area contributed by atoms with Gasteiger partial charge in [-0.2, -0.15) is 4.98 Å². The lowest BCUT2D eigenvalue weighted by Gasteiger charge is -2.22. The highest BCUT2D eigenvalue weighted by atomic mass is 35.5. The molecule has 7 nitrogen and oxygen atoms in total. The summed E-state index contributed by atoms with van der Waals surface area (Å²) in [5.41, 5.74) is 1.65. The zero-order valence-corrected chi connectivity index (χ0v) is 20.9. The summed E-state index contributed by atoms with van der Waals surface area (Å²) in [6.45, 7) is 8.62. The first-order valence-corrected chi connectivity index (χ1v) is 12.8. The van der Waals surface area contributed by atoms with Crippen molar-refractivity contribution in [3.8, 4) is 10.6 Å². The molecule has 178 valence electrons. The van der Waals surface area contributed by atoms with E-state index >= 15 is 0 Å². The van der Waals surface area contributed by atoms with E-state index < -0.39 is 0 Å². The van der Waals surface area contributed by atoms with Crippen LogP contribution in [-0.2, 0) is 4.74 Å². The van der Waals surface area contributed by atoms with E-state index in [2.05, 4.69) is 42.5 Å². The van der Waals surface area contributed by atoms with Crippen molar-refractivity contribution in [2.45, 2.75) is 39.7 Å². The van der Waals surface area contributed by atoms with E-state index in [1.807, 2.05) is 18.2 Å². The predicted molar refractivity (Wildman–Crippen MR) is 136 cm³/mol. The van der Waals surface area contributed by atoms with Crippen LogP contribution in [0.3, 0.4) is 0 Å². The van der Waals surface area contributed by atoms with E-state index in [-0.39, 0.29) is 18.6 Å². The maximum Gasteiger partial charge on any atom is 0.226 e. The third-order valence-electron chi connectivity index (χ3n) is 6.57. The van der Waals surface area contributed by atoms with Crippen molar-refractivity contribution in [1.29, 1.82) is 0 Å². The number of rotatable bonds is 10. The lowest BCUT2D eigenvalue weighted by atomic mass is 9.92. The Bertz CT molecular complexity index is 1050. The second-order valence-corrected chi connectivity index (χ2v) is 10.1. The molecule has 2 heterocycles. The summed E-state index contributed by atoms with van der Waals surface area (Å²) >= 11 is 8.31. The molecule has 1 fully saturated rings. The molecular formula is C24H32ClN5O2S. The number of aromatic nitrogens is 3. The van der Waals surface area contributed by atoms with Gasteiger partial charge in [0.1, 0.15) is 16.0 Å². The van der Waals surface area contributed by atoms with Crippen molar-refractivity contribution in [1.82, 2.24) is 15.0 Å². The summed E-state index contributed by atoms with van der Waals surface area (Å²) in [5, 5.41) is 17.8. The van der Waals surface area contributed by atoms with E-state index in [1.165, 1.54) is 0 Å². The number of halogens is 1. The largest absolute Gasteiger partial charge is 0.396 e. The van der Waals surface area contributed by atoms with Crippen molar-refractivity contribution in [2.75, 3.05) is 37.0 Å². The van der Waals surface area contributed by atoms with E-state index in [4.69, 9.17) is 26.3 Å². The third-order valence-corrected chi connectivity index (χ3v) is 7.90. The van der Waals surface area contributed by atoms with Crippen LogP contribution in [0.25, 0.3) is 20.8 Å². The van der Waals surface area contributed by atoms with Crippen molar-refractivity contribution in [2.24, 2.45) is 17.8 Å². The number of ether oxygens (including phenoxy) is 1. The van der Waals surface area contributed by atoms with Gasteiger partial charge in [0, 0.05) is 25.8 Å². The second kappa shape index (κ2) is 11.0. The first-order chi connectivity index (χ1) is 16.0. The minimum atomic E-state index is 0.178. The van der Waals surface area contributed by atoms with Crippen LogP contribution in [0.1, 0.15) is 33.6 Å². The molecule has 1 saturated carbocycles. The summed E-state index contributed by atoms with van der Waals surface area (Å²) in [6, 6.07) is 8.21. The lowest BCUT2D eigenvalue weighted by molar-refractivity contribution is 0.144. The first kappa shape index (κ1) is 24.1. The Morgan fingerprint density at radius 1 is 1.15 bits per heavy atom. The molecule has 2 aromatic heterocycles. The van der Waals surface area contributed by atoms with Crippen molar-refractivity contribution >= 4 is 44.9 Å². The molecule has 0 radical (unpaired) electrons. The Labute approximate surface area is 204 Å². The molecule has 0 amide bonds. The molecule has 4 rings (SSSR count). The van der Waals surface area contributed by atoms with E-state index in [0.29, 0.717) is 41.9 Å². The molecule has 0 spiro atoms. The zero-order valence-electron chi connectivity index (χ0n) is 19.3. The van der Waals surface area contributed by atoms with Crippen LogP contribution in [0.2, 0.25) is 5.15 Å². The fourth-order valence-electron chi connectivity index (χ4n) is 4.42. The molecule has 1 aliphatic rings. The normalized spacial score (nSPS) is 22.7. The Hall–Kier alpha value is -2.00. The molecule has 1 aromatic carbocycles. The molecule has 33 heavy (non-hydrogen) atoms. The number of nitrogens with zero attached hydrogens (tertiary/aromatic N) is 3. The minimum Gasteiger partial charge on any atom is -0.396 e. The highest BCUT2D eigenvalue weighted by Crippen LogP contribution is 2.42. The van der Waals surface area contributed by atoms with Gasteiger partial charge in [-0.1, -0.05) is 44.5 Å². The first-order valence-electron chi connectivity index (χ1n) is 11.6. The van der Waals surface area contributed by atoms with Gasteiger partial charge in [-0.15, -0.1) is 11.3 Å². The SMILES string of the molecule is CCCOCCNc1nc(Cl)c(-c2nc3ccccc3s2)c(NC2C[C@H](CO)[C@@H](C)[C@H]2C)n1. The summed E-state index contributed by atoms with van der Waals surface area (Å²) in [5.74, 6) is 2.22. The summed E-state index contributed by atoms with van der Waals surface area (Å²) in [6.07, 6.45) is 1.87. The average Bonchev–Trinajstić information content (AvgIpc) is 3.34. The number of aliphatic hydroxyl groups excluding tert-OH is 1. The zero-order chi connectivity index (χ0) is 23.4. The Morgan fingerprint density at radius 3 is 2.70 bits per heavy atom. The minimum absolute atomic E-state index is 0.178. The molecule has 3 aromatic rings. The topological polar surface area (TPSA) is 92.2 Å². The molecular weight excluding hydrogens is 458 g/mol. The fourth-order valence-corrected chi connectivity index (χ4v) is 5.75. The molecule has 3 N–H and O–H groups in total. The number of benzene rings is 1. The van der Waals surface area contributed by atoms with E-state index in [0.717, 1.165) is 40.2 Å². The van der Waals surface area contributed by atoms with Gasteiger partial charge in [0.2, 0.25) is 5.95 Å². The van der Waals surface area contributed by atoms with Gasteiger partial charge in [0.05, 0.1) is 22.4 Å². The van der Waals surface area contributed by atoms with Crippen LogP contribution in [-0.4, -0.2) is 52.5 Å². The third kappa shape index (κ3) is 5.40. The fraction of sp³-hybridized carbons (Fsp3) is 0.542. The molecule has 1 unspecified atom stereocenters. The van der Waals surface area contributed by atoms with Gasteiger partial charge in [-0.3, -0.25) is 0 Å². The number of fused-ring (bicyclic) bond motifs is 1. The number of aliphatic hydroxyl groups is 1. The summed E-state index contributed by atoms with van der Waals surface area (Å²) in [4.78, 5) is 14.1. The van der Waals surface area contributed by atoms with Crippen molar-refractivity contribution in [3.63, 3.8) is 0 Å². The Morgan fingerprint density at radius 2 is 1.97 bits per heavy atom. The van der Waals surface area contributed by atoms with Crippen molar-refractivity contribution in [3.05, 3.63) is 29.4 Å². The summed E-state index contributed by atoms with van der Waals surface area (Å²) < 4.78 is 6.64. The quantitative estimate of drug-likeness (QED) is 0.262. The Balaban J connectivity index is 1.65. The van der Waals surface area contributed by atoms with Crippen LogP contribution in [0, 0.1) is 17.8 Å². The van der Waals surface area contributed by atoms with Crippen molar-refractivity contribution < 1.29 is 9.84 Å². The molecule has 9 heteroatoms. The van der Waals surface area contributed by atoms with Gasteiger partial charge in [0.15, 0.2) is 0 Å². The average molecular weight is 490 g/mol. The number of anilines is 2. The Kier molecular flexibility index (Phi) is 8.01. The molecule has 0 aliphatic heterocycles. The molecule has 0 bridgehead atoms. The maximum absolute atomic E-state index is 9.79. The van der Waals surface area contributed by atoms with Gasteiger partial charge in [0.25, 0.3) is 0 Å². The lowest BCUT2D eigenvalue weighted by Crippen LogP contribution is -2.25. The van der Waals surface area contributed by atoms with Crippen LogP contribution in [0.4, 0.5) is 11.8 Å². The van der Waals surface area contributed by atoms with Gasteiger partial charge in [-0.25, -0.2) is 9.97 Å². The summed E-state index contributed by atoms with van der Waals surface area (Å²) in [7, 11) is 0. The van der Waals surface area contributed by atoms with Crippen LogP contribution in [0.15, 0.2) is 24.3 Å². The number of nitrogens with one attached hydrogen (secondary N) is 2. The number of hydrogen-bond acceptors (Lipinski definition) is 8. The number of thiazole rings is 1. The smallest absolute Gasteiger partial charge is 0.226 e. The highest BCUT2D eigenvalue weighted by molar-refractivity contribution is 7.21. The van der Waals surface area contributed by atoms with Gasteiger partial charge in [-0.05, 0) is 42.7 Å². The molecule has 4 atom stereocenters. The molecule has 1 aliphatic carbocycles. The van der Waals surface area contributed by atoms with Crippen LogP contribution >= 0.6 is 22.9 Å². The van der Waals surface area contributed by atoms with E-state index in [9.17, 15) is 5.11 Å². The van der Waals surface area contributed by atoms with Gasteiger partial charge >= 0.3 is 0 Å². The standard InChI is InChI=1S/C24H32ClN5O2S/c1-4-10-32-11-9-26-24-29-21(25)20(23-28-17-7-5-6-8-19(17)33-23)22(30-24)27-18-12-16(13-31)14(2)15(18)3/h5-8,14-16,18,31H,4,9-13H2,1-3H3,(H2,26,27,29,30)/t14-,15+,16+,18?/m0/s1. The predicted octanol–water partition coefficient (Wildman–Crippen LogP) is 5.31. The highest BCUT2D eigenvalue weighted by Gasteiger charge is 2.38. The molecule has 0 saturated heterocycles. The monoisotopic (exact) mass is 489 g/mol. The van der Waals surface area contributed by atoms with Gasteiger partial charge < -0.3 is 20.5 Å². The second-order valence-electron chi connectivity index (χ2n) is 8.73. The van der Waals surface area contributed by atoms with Crippen LogP contribution in [0.5, 0.6) is 0 Å². The number of hydrogen-bond donors (Lipinski definition) is 3. The number of para-hydroxylation sites is 1.